The van der Waals surface area contributed by atoms with Crippen LogP contribution < -0.4 is 20.5 Å². The Morgan fingerprint density at radius 3 is 2.47 bits per heavy atom. The maximum absolute atomic E-state index is 13.4. The number of hydrogen-bond acceptors (Lipinski definition) is 7. The average molecular weight is 430 g/mol. The fourth-order valence-electron chi connectivity index (χ4n) is 2.54. The summed E-state index contributed by atoms with van der Waals surface area (Å²) < 4.78 is 39.9. The highest BCUT2D eigenvalue weighted by molar-refractivity contribution is 8.01. The Morgan fingerprint density at radius 2 is 1.80 bits per heavy atom. The molecular formula is C19H13F3N6OS. The molecule has 152 valence electrons. The van der Waals surface area contributed by atoms with Crippen LogP contribution >= 0.6 is 11.9 Å². The van der Waals surface area contributed by atoms with Crippen LogP contribution in [0.15, 0.2) is 66.2 Å². The summed E-state index contributed by atoms with van der Waals surface area (Å²) in [6.45, 7) is 0. The van der Waals surface area contributed by atoms with Gasteiger partial charge < -0.3 is 10.6 Å². The SMILES string of the molecule is O=C(NC1=CN(c2cc(F)c(F)c(F)c2)NS1)c1ccc(Nc2ccncn2)cc1. The first kappa shape index (κ1) is 19.7. The number of nitrogens with one attached hydrogen (secondary N) is 3. The van der Waals surface area contributed by atoms with E-state index in [0.717, 1.165) is 29.8 Å². The van der Waals surface area contributed by atoms with E-state index >= 15 is 0 Å². The predicted molar refractivity (Wildman–Crippen MR) is 107 cm³/mol. The minimum absolute atomic E-state index is 0.0447. The van der Waals surface area contributed by atoms with Crippen molar-refractivity contribution in [2.24, 2.45) is 0 Å². The zero-order chi connectivity index (χ0) is 21.1. The van der Waals surface area contributed by atoms with E-state index in [1.165, 1.54) is 17.5 Å². The zero-order valence-corrected chi connectivity index (χ0v) is 15.9. The molecule has 0 unspecified atom stereocenters. The molecule has 0 aliphatic carbocycles. The van der Waals surface area contributed by atoms with Gasteiger partial charge in [0.1, 0.15) is 17.2 Å². The third kappa shape index (κ3) is 4.36. The normalized spacial score (nSPS) is 13.2. The van der Waals surface area contributed by atoms with Gasteiger partial charge in [0.2, 0.25) is 0 Å². The van der Waals surface area contributed by atoms with Gasteiger partial charge in [-0.15, -0.1) is 0 Å². The summed E-state index contributed by atoms with van der Waals surface area (Å²) >= 11 is 1.03. The number of carbonyl (C=O) groups excluding carboxylic acids is 1. The van der Waals surface area contributed by atoms with E-state index in [-0.39, 0.29) is 11.6 Å². The molecule has 0 atom stereocenters. The number of amides is 1. The molecule has 0 radical (unpaired) electrons. The summed E-state index contributed by atoms with van der Waals surface area (Å²) in [7, 11) is 0. The Bertz CT molecular complexity index is 1090. The number of hydrogen-bond donors (Lipinski definition) is 3. The van der Waals surface area contributed by atoms with Crippen LogP contribution in [0, 0.1) is 17.5 Å². The van der Waals surface area contributed by atoms with Crippen molar-refractivity contribution < 1.29 is 18.0 Å². The summed E-state index contributed by atoms with van der Waals surface area (Å²) in [6.07, 6.45) is 4.46. The summed E-state index contributed by atoms with van der Waals surface area (Å²) in [5, 5.41) is 7.42. The van der Waals surface area contributed by atoms with Gasteiger partial charge in [0.05, 0.1) is 11.9 Å². The average Bonchev–Trinajstić information content (AvgIpc) is 3.21. The first-order chi connectivity index (χ1) is 14.5. The lowest BCUT2D eigenvalue weighted by molar-refractivity contribution is 0.0969. The highest BCUT2D eigenvalue weighted by Gasteiger charge is 2.20. The molecule has 0 saturated carbocycles. The van der Waals surface area contributed by atoms with Crippen LogP contribution in [0.3, 0.4) is 0 Å². The lowest BCUT2D eigenvalue weighted by Gasteiger charge is -2.14. The first-order valence-electron chi connectivity index (χ1n) is 8.52. The van der Waals surface area contributed by atoms with Crippen molar-refractivity contribution in [3.05, 3.63) is 89.2 Å². The molecule has 0 bridgehead atoms. The molecule has 1 aliphatic heterocycles. The molecule has 0 saturated heterocycles. The maximum atomic E-state index is 13.4. The van der Waals surface area contributed by atoms with E-state index in [4.69, 9.17) is 0 Å². The largest absolute Gasteiger partial charge is 0.340 e. The van der Waals surface area contributed by atoms with Gasteiger partial charge in [0.15, 0.2) is 17.5 Å². The molecule has 1 aliphatic rings. The fourth-order valence-corrected chi connectivity index (χ4v) is 3.19. The topological polar surface area (TPSA) is 82.2 Å². The Morgan fingerprint density at radius 1 is 1.07 bits per heavy atom. The molecule has 7 nitrogen and oxygen atoms in total. The Balaban J connectivity index is 1.41. The van der Waals surface area contributed by atoms with E-state index in [1.807, 2.05) is 0 Å². The highest BCUT2D eigenvalue weighted by atomic mass is 32.2. The lowest BCUT2D eigenvalue weighted by Crippen LogP contribution is -2.23. The van der Waals surface area contributed by atoms with Crippen molar-refractivity contribution in [3.63, 3.8) is 0 Å². The number of aromatic nitrogens is 2. The number of halogens is 3. The van der Waals surface area contributed by atoms with E-state index in [9.17, 15) is 18.0 Å². The molecule has 2 aromatic carbocycles. The summed E-state index contributed by atoms with van der Waals surface area (Å²) in [5.41, 5.74) is 1.19. The molecule has 0 spiro atoms. The Labute approximate surface area is 173 Å². The van der Waals surface area contributed by atoms with Crippen molar-refractivity contribution in [2.45, 2.75) is 0 Å². The van der Waals surface area contributed by atoms with Gasteiger partial charge in [0, 0.05) is 29.6 Å². The van der Waals surface area contributed by atoms with E-state index in [2.05, 4.69) is 25.4 Å². The second-order valence-electron chi connectivity index (χ2n) is 6.03. The zero-order valence-electron chi connectivity index (χ0n) is 15.1. The Kier molecular flexibility index (Phi) is 5.55. The number of hydrazine groups is 1. The molecule has 3 aromatic rings. The van der Waals surface area contributed by atoms with Crippen LogP contribution in [0.5, 0.6) is 0 Å². The molecule has 1 amide bonds. The summed E-state index contributed by atoms with van der Waals surface area (Å²) in [6, 6.07) is 10.1. The van der Waals surface area contributed by atoms with Gasteiger partial charge in [-0.2, -0.15) is 4.83 Å². The smallest absolute Gasteiger partial charge is 0.256 e. The fraction of sp³-hybridized carbons (Fsp3) is 0. The third-order valence-corrected chi connectivity index (χ3v) is 4.70. The number of anilines is 3. The van der Waals surface area contributed by atoms with Gasteiger partial charge in [0.25, 0.3) is 5.91 Å². The minimum atomic E-state index is -1.54. The van der Waals surface area contributed by atoms with Gasteiger partial charge in [-0.3, -0.25) is 9.80 Å². The number of rotatable bonds is 5. The molecule has 0 fully saturated rings. The minimum Gasteiger partial charge on any atom is -0.340 e. The van der Waals surface area contributed by atoms with Crippen molar-refractivity contribution in [3.8, 4) is 0 Å². The van der Waals surface area contributed by atoms with Crippen molar-refractivity contribution in [2.75, 3.05) is 10.3 Å². The molecule has 3 N–H and O–H groups in total. The van der Waals surface area contributed by atoms with Crippen LogP contribution in [-0.4, -0.2) is 15.9 Å². The monoisotopic (exact) mass is 430 g/mol. The third-order valence-electron chi connectivity index (χ3n) is 3.99. The predicted octanol–water partition coefficient (Wildman–Crippen LogP) is 3.84. The molecule has 2 heterocycles. The van der Waals surface area contributed by atoms with Crippen molar-refractivity contribution >= 4 is 35.0 Å². The molecule has 1 aromatic heterocycles. The van der Waals surface area contributed by atoms with Crippen LogP contribution in [0.2, 0.25) is 0 Å². The van der Waals surface area contributed by atoms with Gasteiger partial charge >= 0.3 is 0 Å². The van der Waals surface area contributed by atoms with Crippen molar-refractivity contribution in [1.82, 2.24) is 20.1 Å². The van der Waals surface area contributed by atoms with E-state index < -0.39 is 17.5 Å². The Hall–Kier alpha value is -3.57. The van der Waals surface area contributed by atoms with Crippen LogP contribution in [0.1, 0.15) is 10.4 Å². The quantitative estimate of drug-likeness (QED) is 0.419. The van der Waals surface area contributed by atoms with Crippen LogP contribution in [0.25, 0.3) is 0 Å². The lowest BCUT2D eigenvalue weighted by atomic mass is 10.2. The van der Waals surface area contributed by atoms with Crippen LogP contribution in [-0.2, 0) is 0 Å². The first-order valence-corrected chi connectivity index (χ1v) is 9.34. The van der Waals surface area contributed by atoms with Gasteiger partial charge in [-0.25, -0.2) is 23.1 Å². The standard InChI is InChI=1S/C19H13F3N6OS/c20-14-7-13(8-15(21)18(14)22)28-9-17(30-27-28)26-19(29)11-1-3-12(4-2-11)25-16-5-6-23-10-24-16/h1-10,27H,(H,26,29)(H,23,24,25). The van der Waals surface area contributed by atoms with Gasteiger partial charge in [-0.1, -0.05) is 0 Å². The second-order valence-corrected chi connectivity index (χ2v) is 6.86. The van der Waals surface area contributed by atoms with Crippen LogP contribution in [0.4, 0.5) is 30.4 Å². The summed E-state index contributed by atoms with van der Waals surface area (Å²) in [5.74, 6) is -3.91. The number of carbonyl (C=O) groups is 1. The van der Waals surface area contributed by atoms with Gasteiger partial charge in [-0.05, 0) is 42.3 Å². The van der Waals surface area contributed by atoms with E-state index in [0.29, 0.717) is 16.4 Å². The number of nitrogens with zero attached hydrogens (tertiary/aromatic N) is 3. The maximum Gasteiger partial charge on any atom is 0.256 e. The van der Waals surface area contributed by atoms with Crippen molar-refractivity contribution in [1.29, 1.82) is 0 Å². The molecular weight excluding hydrogens is 417 g/mol. The van der Waals surface area contributed by atoms with E-state index in [1.54, 1.807) is 36.5 Å². The summed E-state index contributed by atoms with van der Waals surface area (Å²) in [4.78, 5) is 23.1. The molecule has 4 rings (SSSR count). The molecule has 11 heteroatoms. The molecule has 30 heavy (non-hydrogen) atoms. The second kappa shape index (κ2) is 8.43. The highest BCUT2D eigenvalue weighted by Crippen LogP contribution is 2.27. The number of benzene rings is 2.